The number of rotatable bonds is 5. The highest BCUT2D eigenvalue weighted by Gasteiger charge is 2.25. The highest BCUT2D eigenvalue weighted by atomic mass is 16.5. The van der Waals surface area contributed by atoms with Gasteiger partial charge in [-0.05, 0) is 24.7 Å². The lowest BCUT2D eigenvalue weighted by Gasteiger charge is -2.31. The van der Waals surface area contributed by atoms with Gasteiger partial charge in [0.25, 0.3) is 0 Å². The molecule has 14 heavy (non-hydrogen) atoms. The Morgan fingerprint density at radius 2 is 1.93 bits per heavy atom. The van der Waals surface area contributed by atoms with E-state index in [0.717, 1.165) is 5.92 Å². The second-order valence-corrected chi connectivity index (χ2v) is 4.59. The van der Waals surface area contributed by atoms with Crippen LogP contribution in [0, 0.1) is 11.8 Å². The fourth-order valence-corrected chi connectivity index (χ4v) is 2.58. The lowest BCUT2D eigenvalue weighted by molar-refractivity contribution is 0.00783. The van der Waals surface area contributed by atoms with E-state index in [-0.39, 0.29) is 6.10 Å². The predicted octanol–water partition coefficient (Wildman–Crippen LogP) is 2.60. The molecule has 2 heteroatoms. The van der Waals surface area contributed by atoms with Gasteiger partial charge in [0, 0.05) is 7.11 Å². The summed E-state index contributed by atoms with van der Waals surface area (Å²) in [6, 6.07) is 0. The van der Waals surface area contributed by atoms with E-state index >= 15 is 0 Å². The third kappa shape index (κ3) is 3.58. The predicted molar refractivity (Wildman–Crippen MR) is 58.2 cm³/mol. The zero-order chi connectivity index (χ0) is 10.4. The first-order valence-electron chi connectivity index (χ1n) is 5.95. The molecule has 1 rings (SSSR count). The van der Waals surface area contributed by atoms with E-state index in [2.05, 4.69) is 6.92 Å². The zero-order valence-electron chi connectivity index (χ0n) is 9.54. The van der Waals surface area contributed by atoms with Gasteiger partial charge in [-0.3, -0.25) is 0 Å². The van der Waals surface area contributed by atoms with Gasteiger partial charge in [-0.15, -0.1) is 0 Å². The maximum absolute atomic E-state index is 9.77. The van der Waals surface area contributed by atoms with Crippen LogP contribution in [0.15, 0.2) is 0 Å². The third-order valence-electron chi connectivity index (χ3n) is 3.47. The summed E-state index contributed by atoms with van der Waals surface area (Å²) < 4.78 is 4.98. The SMILES string of the molecule is CCCC1CCC(C(O)COC)CC1. The Labute approximate surface area is 87.7 Å². The molecule has 1 aliphatic carbocycles. The molecule has 1 unspecified atom stereocenters. The largest absolute Gasteiger partial charge is 0.390 e. The average molecular weight is 200 g/mol. The van der Waals surface area contributed by atoms with Gasteiger partial charge in [0.2, 0.25) is 0 Å². The molecule has 0 spiro atoms. The molecule has 0 amide bonds. The van der Waals surface area contributed by atoms with Gasteiger partial charge in [-0.25, -0.2) is 0 Å². The quantitative estimate of drug-likeness (QED) is 0.739. The molecule has 1 fully saturated rings. The first-order valence-corrected chi connectivity index (χ1v) is 5.95. The molecule has 1 atom stereocenters. The molecule has 0 bridgehead atoms. The van der Waals surface area contributed by atoms with Crippen LogP contribution >= 0.6 is 0 Å². The Bertz CT molecular complexity index is 139. The van der Waals surface area contributed by atoms with Gasteiger partial charge in [0.05, 0.1) is 12.7 Å². The van der Waals surface area contributed by atoms with Crippen molar-refractivity contribution < 1.29 is 9.84 Å². The molecule has 0 aromatic heterocycles. The summed E-state index contributed by atoms with van der Waals surface area (Å²) in [7, 11) is 1.66. The van der Waals surface area contributed by atoms with E-state index in [0.29, 0.717) is 12.5 Å². The van der Waals surface area contributed by atoms with E-state index < -0.39 is 0 Å². The van der Waals surface area contributed by atoms with Crippen molar-refractivity contribution in [2.75, 3.05) is 13.7 Å². The molecule has 0 aromatic rings. The zero-order valence-corrected chi connectivity index (χ0v) is 9.54. The Morgan fingerprint density at radius 3 is 2.43 bits per heavy atom. The van der Waals surface area contributed by atoms with Crippen LogP contribution in [0.3, 0.4) is 0 Å². The van der Waals surface area contributed by atoms with Crippen LogP contribution in [0.5, 0.6) is 0 Å². The molecule has 0 radical (unpaired) electrons. The first-order chi connectivity index (χ1) is 6.77. The van der Waals surface area contributed by atoms with Crippen molar-refractivity contribution in [1.29, 1.82) is 0 Å². The van der Waals surface area contributed by atoms with E-state index in [1.807, 2.05) is 0 Å². The van der Waals surface area contributed by atoms with Crippen molar-refractivity contribution in [3.8, 4) is 0 Å². The molecule has 1 saturated carbocycles. The number of ether oxygens (including phenoxy) is 1. The third-order valence-corrected chi connectivity index (χ3v) is 3.47. The lowest BCUT2D eigenvalue weighted by Crippen LogP contribution is -2.29. The van der Waals surface area contributed by atoms with Crippen LogP contribution in [-0.4, -0.2) is 24.9 Å². The molecule has 84 valence electrons. The highest BCUT2D eigenvalue weighted by molar-refractivity contribution is 4.77. The molecule has 2 nitrogen and oxygen atoms in total. The van der Waals surface area contributed by atoms with Crippen LogP contribution in [0.1, 0.15) is 45.4 Å². The van der Waals surface area contributed by atoms with Crippen LogP contribution in [-0.2, 0) is 4.74 Å². The second kappa shape index (κ2) is 6.41. The van der Waals surface area contributed by atoms with Gasteiger partial charge in [-0.1, -0.05) is 32.6 Å². The standard InChI is InChI=1S/C12H24O2/c1-3-4-10-5-7-11(8-6-10)12(13)9-14-2/h10-13H,3-9H2,1-2H3. The number of hydrogen-bond acceptors (Lipinski definition) is 2. The summed E-state index contributed by atoms with van der Waals surface area (Å²) >= 11 is 0. The molecule has 0 aliphatic heterocycles. The van der Waals surface area contributed by atoms with E-state index in [1.165, 1.54) is 38.5 Å². The minimum atomic E-state index is -0.234. The van der Waals surface area contributed by atoms with Gasteiger partial charge < -0.3 is 9.84 Å². The Hall–Kier alpha value is -0.0800. The van der Waals surface area contributed by atoms with Crippen LogP contribution < -0.4 is 0 Å². The Kier molecular flexibility index (Phi) is 5.49. The highest BCUT2D eigenvalue weighted by Crippen LogP contribution is 2.33. The number of aliphatic hydroxyl groups is 1. The second-order valence-electron chi connectivity index (χ2n) is 4.59. The Balaban J connectivity index is 2.21. The van der Waals surface area contributed by atoms with Gasteiger partial charge in [0.15, 0.2) is 0 Å². The topological polar surface area (TPSA) is 29.5 Å². The van der Waals surface area contributed by atoms with Crippen molar-refractivity contribution in [3.63, 3.8) is 0 Å². The van der Waals surface area contributed by atoms with Gasteiger partial charge in [-0.2, -0.15) is 0 Å². The molecular formula is C12H24O2. The number of aliphatic hydroxyl groups excluding tert-OH is 1. The van der Waals surface area contributed by atoms with Crippen molar-refractivity contribution in [3.05, 3.63) is 0 Å². The summed E-state index contributed by atoms with van der Waals surface area (Å²) in [6.45, 7) is 2.76. The first kappa shape index (κ1) is 12.0. The fourth-order valence-electron chi connectivity index (χ4n) is 2.58. The van der Waals surface area contributed by atoms with Crippen molar-refractivity contribution in [2.24, 2.45) is 11.8 Å². The monoisotopic (exact) mass is 200 g/mol. The molecule has 1 aliphatic rings. The van der Waals surface area contributed by atoms with Crippen molar-refractivity contribution >= 4 is 0 Å². The molecular weight excluding hydrogens is 176 g/mol. The van der Waals surface area contributed by atoms with E-state index in [1.54, 1.807) is 7.11 Å². The summed E-state index contributed by atoms with van der Waals surface area (Å²) in [4.78, 5) is 0. The fraction of sp³-hybridized carbons (Fsp3) is 1.00. The summed E-state index contributed by atoms with van der Waals surface area (Å²) in [6.07, 6.45) is 7.43. The molecule has 0 heterocycles. The van der Waals surface area contributed by atoms with E-state index in [9.17, 15) is 5.11 Å². The summed E-state index contributed by atoms with van der Waals surface area (Å²) in [5.41, 5.74) is 0. The Morgan fingerprint density at radius 1 is 1.29 bits per heavy atom. The molecule has 0 saturated heterocycles. The maximum Gasteiger partial charge on any atom is 0.0801 e. The summed E-state index contributed by atoms with van der Waals surface area (Å²) in [5.74, 6) is 1.41. The maximum atomic E-state index is 9.77. The summed E-state index contributed by atoms with van der Waals surface area (Å²) in [5, 5.41) is 9.77. The normalized spacial score (nSPS) is 30.2. The minimum absolute atomic E-state index is 0.234. The van der Waals surface area contributed by atoms with Crippen LogP contribution in [0.25, 0.3) is 0 Å². The van der Waals surface area contributed by atoms with Crippen molar-refractivity contribution in [2.45, 2.75) is 51.6 Å². The average Bonchev–Trinajstić information content (AvgIpc) is 2.20. The smallest absolute Gasteiger partial charge is 0.0801 e. The minimum Gasteiger partial charge on any atom is -0.390 e. The van der Waals surface area contributed by atoms with Crippen molar-refractivity contribution in [1.82, 2.24) is 0 Å². The van der Waals surface area contributed by atoms with E-state index in [4.69, 9.17) is 4.74 Å². The lowest BCUT2D eigenvalue weighted by atomic mass is 9.78. The van der Waals surface area contributed by atoms with Gasteiger partial charge >= 0.3 is 0 Å². The van der Waals surface area contributed by atoms with Gasteiger partial charge in [0.1, 0.15) is 0 Å². The molecule has 1 N–H and O–H groups in total. The van der Waals surface area contributed by atoms with Crippen LogP contribution in [0.2, 0.25) is 0 Å². The number of hydrogen-bond donors (Lipinski definition) is 1. The number of methoxy groups -OCH3 is 1. The molecule has 0 aromatic carbocycles. The van der Waals surface area contributed by atoms with Crippen LogP contribution in [0.4, 0.5) is 0 Å².